The molecule has 1 aromatic rings. The minimum absolute atomic E-state index is 0.124. The number of thiophene rings is 1. The van der Waals surface area contributed by atoms with Gasteiger partial charge in [0.1, 0.15) is 0 Å². The van der Waals surface area contributed by atoms with Gasteiger partial charge in [-0.15, -0.1) is 11.3 Å². The van der Waals surface area contributed by atoms with E-state index in [9.17, 15) is 4.79 Å². The molecule has 1 heterocycles. The van der Waals surface area contributed by atoms with Crippen LogP contribution < -0.4 is 5.32 Å². The van der Waals surface area contributed by atoms with Crippen LogP contribution in [-0.4, -0.2) is 41.1 Å². The third kappa shape index (κ3) is 6.03. The lowest BCUT2D eigenvalue weighted by Crippen LogP contribution is -2.41. The molecule has 0 aliphatic rings. The van der Waals surface area contributed by atoms with Crippen LogP contribution in [0.4, 0.5) is 0 Å². The molecule has 1 rings (SSSR count). The smallest absolute Gasteiger partial charge is 0.308 e. The van der Waals surface area contributed by atoms with Crippen LogP contribution in [0.2, 0.25) is 0 Å². The Hall–Kier alpha value is -0.910. The van der Waals surface area contributed by atoms with Crippen molar-refractivity contribution >= 4 is 17.3 Å². The first kappa shape index (κ1) is 17.1. The molecule has 0 aliphatic carbocycles. The SMILES string of the molecule is CC(C)N(CCNCc1ccc(CC(=O)O)s1)C(C)C. The van der Waals surface area contributed by atoms with Crippen LogP contribution in [0, 0.1) is 0 Å². The van der Waals surface area contributed by atoms with E-state index in [1.807, 2.05) is 12.1 Å². The maximum atomic E-state index is 10.6. The van der Waals surface area contributed by atoms with Gasteiger partial charge in [-0.3, -0.25) is 9.69 Å². The summed E-state index contributed by atoms with van der Waals surface area (Å²) in [7, 11) is 0. The first-order valence-corrected chi connectivity index (χ1v) is 7.97. The Morgan fingerprint density at radius 3 is 2.40 bits per heavy atom. The molecule has 0 atom stereocenters. The zero-order valence-electron chi connectivity index (χ0n) is 12.8. The average Bonchev–Trinajstić information content (AvgIpc) is 2.74. The molecule has 0 spiro atoms. The summed E-state index contributed by atoms with van der Waals surface area (Å²) in [5.74, 6) is -0.768. The van der Waals surface area contributed by atoms with Crippen LogP contribution in [-0.2, 0) is 17.8 Å². The molecule has 0 radical (unpaired) electrons. The minimum atomic E-state index is -0.768. The van der Waals surface area contributed by atoms with Gasteiger partial charge in [0, 0.05) is 41.5 Å². The van der Waals surface area contributed by atoms with Crippen molar-refractivity contribution in [3.8, 4) is 0 Å². The van der Waals surface area contributed by atoms with Gasteiger partial charge in [-0.1, -0.05) is 0 Å². The number of nitrogens with zero attached hydrogens (tertiary/aromatic N) is 1. The maximum absolute atomic E-state index is 10.6. The molecule has 20 heavy (non-hydrogen) atoms. The average molecular weight is 298 g/mol. The highest BCUT2D eigenvalue weighted by Crippen LogP contribution is 2.16. The topological polar surface area (TPSA) is 52.6 Å². The van der Waals surface area contributed by atoms with Crippen molar-refractivity contribution < 1.29 is 9.90 Å². The molecule has 4 nitrogen and oxygen atoms in total. The summed E-state index contributed by atoms with van der Waals surface area (Å²) in [5, 5.41) is 12.2. The van der Waals surface area contributed by atoms with Crippen LogP contribution in [0.5, 0.6) is 0 Å². The minimum Gasteiger partial charge on any atom is -0.481 e. The summed E-state index contributed by atoms with van der Waals surface area (Å²) in [6, 6.07) is 5.03. The number of carbonyl (C=O) groups is 1. The van der Waals surface area contributed by atoms with Gasteiger partial charge in [0.25, 0.3) is 0 Å². The zero-order chi connectivity index (χ0) is 15.1. The largest absolute Gasteiger partial charge is 0.481 e. The van der Waals surface area contributed by atoms with Crippen molar-refractivity contribution in [3.05, 3.63) is 21.9 Å². The first-order valence-electron chi connectivity index (χ1n) is 7.16. The van der Waals surface area contributed by atoms with Gasteiger partial charge in [0.15, 0.2) is 0 Å². The number of rotatable bonds is 9. The lowest BCUT2D eigenvalue weighted by Gasteiger charge is -2.30. The monoisotopic (exact) mass is 298 g/mol. The summed E-state index contributed by atoms with van der Waals surface area (Å²) in [5.41, 5.74) is 0. The predicted octanol–water partition coefficient (Wildman–Crippen LogP) is 2.58. The van der Waals surface area contributed by atoms with E-state index in [1.54, 1.807) is 11.3 Å². The molecular formula is C15H26N2O2S. The summed E-state index contributed by atoms with van der Waals surface area (Å²) in [4.78, 5) is 15.2. The molecule has 0 aliphatic heterocycles. The molecule has 0 saturated carbocycles. The fraction of sp³-hybridized carbons (Fsp3) is 0.667. The van der Waals surface area contributed by atoms with E-state index in [4.69, 9.17) is 5.11 Å². The van der Waals surface area contributed by atoms with Crippen molar-refractivity contribution in [2.75, 3.05) is 13.1 Å². The molecule has 0 unspecified atom stereocenters. The van der Waals surface area contributed by atoms with E-state index in [0.29, 0.717) is 12.1 Å². The highest BCUT2D eigenvalue weighted by molar-refractivity contribution is 7.12. The predicted molar refractivity (Wildman–Crippen MR) is 84.3 cm³/mol. The van der Waals surface area contributed by atoms with Crippen LogP contribution >= 0.6 is 11.3 Å². The molecule has 2 N–H and O–H groups in total. The third-order valence-corrected chi connectivity index (χ3v) is 4.30. The second kappa shape index (κ2) is 8.39. The normalized spacial score (nSPS) is 11.8. The molecule has 0 bridgehead atoms. The highest BCUT2D eigenvalue weighted by Gasteiger charge is 2.12. The van der Waals surface area contributed by atoms with Crippen molar-refractivity contribution in [1.29, 1.82) is 0 Å². The van der Waals surface area contributed by atoms with E-state index >= 15 is 0 Å². The molecule has 114 valence electrons. The van der Waals surface area contributed by atoms with E-state index in [2.05, 4.69) is 37.9 Å². The number of carboxylic acids is 1. The number of hydrogen-bond donors (Lipinski definition) is 2. The molecule has 0 amide bonds. The Morgan fingerprint density at radius 1 is 1.25 bits per heavy atom. The van der Waals surface area contributed by atoms with Crippen molar-refractivity contribution in [1.82, 2.24) is 10.2 Å². The Balaban J connectivity index is 2.30. The highest BCUT2D eigenvalue weighted by atomic mass is 32.1. The van der Waals surface area contributed by atoms with Crippen LogP contribution in [0.3, 0.4) is 0 Å². The molecular weight excluding hydrogens is 272 g/mol. The number of carboxylic acid groups (broad SMARTS) is 1. The fourth-order valence-corrected chi connectivity index (χ4v) is 3.27. The van der Waals surface area contributed by atoms with Crippen molar-refractivity contribution in [3.63, 3.8) is 0 Å². The standard InChI is InChI=1S/C15H26N2O2S/c1-11(2)17(12(3)4)8-7-16-10-14-6-5-13(20-14)9-15(18)19/h5-6,11-12,16H,7-10H2,1-4H3,(H,18,19). The summed E-state index contributed by atoms with van der Waals surface area (Å²) >= 11 is 1.58. The van der Waals surface area contributed by atoms with E-state index in [0.717, 1.165) is 24.5 Å². The Bertz CT molecular complexity index is 408. The first-order chi connectivity index (χ1) is 9.40. The van der Waals surface area contributed by atoms with Crippen molar-refractivity contribution in [2.45, 2.75) is 52.7 Å². The molecule has 1 aromatic heterocycles. The van der Waals surface area contributed by atoms with Gasteiger partial charge in [0.05, 0.1) is 6.42 Å². The van der Waals surface area contributed by atoms with E-state index in [-0.39, 0.29) is 6.42 Å². The van der Waals surface area contributed by atoms with Gasteiger partial charge in [0.2, 0.25) is 0 Å². The van der Waals surface area contributed by atoms with Crippen LogP contribution in [0.1, 0.15) is 37.4 Å². The Labute approximate surface area is 125 Å². The lowest BCUT2D eigenvalue weighted by molar-refractivity contribution is -0.136. The van der Waals surface area contributed by atoms with E-state index < -0.39 is 5.97 Å². The molecule has 0 fully saturated rings. The summed E-state index contributed by atoms with van der Waals surface area (Å²) in [6.07, 6.45) is 0.124. The maximum Gasteiger partial charge on any atom is 0.308 e. The second-order valence-electron chi connectivity index (χ2n) is 5.54. The summed E-state index contributed by atoms with van der Waals surface area (Å²) in [6.45, 7) is 11.7. The number of aliphatic carboxylic acids is 1. The quantitative estimate of drug-likeness (QED) is 0.688. The van der Waals surface area contributed by atoms with Gasteiger partial charge >= 0.3 is 5.97 Å². The third-order valence-electron chi connectivity index (χ3n) is 3.22. The number of nitrogens with one attached hydrogen (secondary N) is 1. The molecule has 0 aromatic carbocycles. The van der Waals surface area contributed by atoms with Gasteiger partial charge in [-0.25, -0.2) is 0 Å². The molecule has 0 saturated heterocycles. The van der Waals surface area contributed by atoms with Gasteiger partial charge in [-0.2, -0.15) is 0 Å². The van der Waals surface area contributed by atoms with Crippen LogP contribution in [0.25, 0.3) is 0 Å². The second-order valence-corrected chi connectivity index (χ2v) is 6.79. The zero-order valence-corrected chi connectivity index (χ0v) is 13.7. The van der Waals surface area contributed by atoms with Crippen LogP contribution in [0.15, 0.2) is 12.1 Å². The van der Waals surface area contributed by atoms with Gasteiger partial charge < -0.3 is 10.4 Å². The lowest BCUT2D eigenvalue weighted by atomic mass is 10.2. The molecule has 5 heteroatoms. The van der Waals surface area contributed by atoms with Crippen molar-refractivity contribution in [2.24, 2.45) is 0 Å². The fourth-order valence-electron chi connectivity index (χ4n) is 2.29. The summed E-state index contributed by atoms with van der Waals surface area (Å²) < 4.78 is 0. The van der Waals surface area contributed by atoms with Gasteiger partial charge in [-0.05, 0) is 39.8 Å². The Morgan fingerprint density at radius 2 is 1.85 bits per heavy atom. The Kier molecular flexibility index (Phi) is 7.19. The van der Waals surface area contributed by atoms with E-state index in [1.165, 1.54) is 4.88 Å². The number of hydrogen-bond acceptors (Lipinski definition) is 4.